The molecule has 1 saturated heterocycles. The molecule has 0 atom stereocenters. The summed E-state index contributed by atoms with van der Waals surface area (Å²) in [4.78, 5) is 26.9. The second kappa shape index (κ2) is 8.70. The number of hydrogen-bond donors (Lipinski definition) is 1. The summed E-state index contributed by atoms with van der Waals surface area (Å²) in [5.41, 5.74) is 8.17. The van der Waals surface area contributed by atoms with Crippen LogP contribution < -0.4 is 10.5 Å². The van der Waals surface area contributed by atoms with Crippen LogP contribution in [-0.2, 0) is 4.79 Å². The number of nitrogens with two attached hydrogens (primary N) is 1. The smallest absolute Gasteiger partial charge is 0.245 e. The standard InChI is InChI=1S/C24H23N7O2/c1-2-20(32)30-12-10-16(11-13-30)31-24-21(23(25)27-15-28-24)22(29-31)19-9-8-18(14-26-19)33-17-6-4-3-5-7-17/h2-9,14-16H,1,10-13H2,(H2,25,27,28). The first-order valence-electron chi connectivity index (χ1n) is 10.7. The first kappa shape index (κ1) is 20.6. The number of hydrogen-bond acceptors (Lipinski definition) is 7. The number of nitrogen functional groups attached to an aromatic ring is 1. The van der Waals surface area contributed by atoms with E-state index in [-0.39, 0.29) is 11.9 Å². The van der Waals surface area contributed by atoms with E-state index in [2.05, 4.69) is 21.5 Å². The topological polar surface area (TPSA) is 112 Å². The zero-order valence-electron chi connectivity index (χ0n) is 18.0. The highest BCUT2D eigenvalue weighted by Gasteiger charge is 2.27. The van der Waals surface area contributed by atoms with Crippen molar-refractivity contribution in [1.29, 1.82) is 0 Å². The molecule has 0 bridgehead atoms. The molecule has 4 aromatic rings. The number of pyridine rings is 1. The number of fused-ring (bicyclic) bond motifs is 1. The molecule has 1 aromatic carbocycles. The summed E-state index contributed by atoms with van der Waals surface area (Å²) in [5.74, 6) is 1.66. The van der Waals surface area contributed by atoms with Crippen LogP contribution in [0.5, 0.6) is 11.5 Å². The van der Waals surface area contributed by atoms with Gasteiger partial charge in [-0.15, -0.1) is 0 Å². The predicted octanol–water partition coefficient (Wildman–Crippen LogP) is 3.61. The molecule has 0 spiro atoms. The Morgan fingerprint density at radius 1 is 1.06 bits per heavy atom. The zero-order chi connectivity index (χ0) is 22.8. The van der Waals surface area contributed by atoms with E-state index in [1.165, 1.54) is 12.4 Å². The number of nitrogens with zero attached hydrogens (tertiary/aromatic N) is 6. The van der Waals surface area contributed by atoms with Crippen molar-refractivity contribution in [2.24, 2.45) is 0 Å². The molecule has 4 heterocycles. The molecule has 9 heteroatoms. The van der Waals surface area contributed by atoms with Crippen LogP contribution in [0.25, 0.3) is 22.4 Å². The average Bonchev–Trinajstić information content (AvgIpc) is 3.26. The third-order valence-corrected chi connectivity index (χ3v) is 5.77. The number of carbonyl (C=O) groups is 1. The number of aromatic nitrogens is 5. The van der Waals surface area contributed by atoms with E-state index in [1.54, 1.807) is 11.1 Å². The van der Waals surface area contributed by atoms with Crippen molar-refractivity contribution in [2.45, 2.75) is 18.9 Å². The minimum atomic E-state index is -0.0481. The number of piperidine rings is 1. The molecule has 33 heavy (non-hydrogen) atoms. The lowest BCUT2D eigenvalue weighted by atomic mass is 10.1. The highest BCUT2D eigenvalue weighted by atomic mass is 16.5. The number of carbonyl (C=O) groups excluding carboxylic acids is 1. The van der Waals surface area contributed by atoms with Crippen LogP contribution in [0.2, 0.25) is 0 Å². The number of amides is 1. The number of rotatable bonds is 5. The van der Waals surface area contributed by atoms with Crippen molar-refractivity contribution < 1.29 is 9.53 Å². The van der Waals surface area contributed by atoms with Gasteiger partial charge in [-0.3, -0.25) is 9.78 Å². The van der Waals surface area contributed by atoms with Gasteiger partial charge in [0, 0.05) is 13.1 Å². The Balaban J connectivity index is 1.46. The van der Waals surface area contributed by atoms with Crippen LogP contribution in [0.1, 0.15) is 18.9 Å². The molecule has 1 amide bonds. The quantitative estimate of drug-likeness (QED) is 0.471. The molecule has 9 nitrogen and oxygen atoms in total. The van der Waals surface area contributed by atoms with E-state index < -0.39 is 0 Å². The Morgan fingerprint density at radius 2 is 1.85 bits per heavy atom. The first-order valence-corrected chi connectivity index (χ1v) is 10.7. The predicted molar refractivity (Wildman–Crippen MR) is 125 cm³/mol. The van der Waals surface area contributed by atoms with Crippen LogP contribution in [0.3, 0.4) is 0 Å². The van der Waals surface area contributed by atoms with Crippen LogP contribution in [0, 0.1) is 0 Å². The van der Waals surface area contributed by atoms with E-state index in [0.717, 1.165) is 18.6 Å². The van der Waals surface area contributed by atoms with E-state index in [1.807, 2.05) is 47.1 Å². The summed E-state index contributed by atoms with van der Waals surface area (Å²) in [6, 6.07) is 13.3. The SMILES string of the molecule is C=CC(=O)N1CCC(n2nc(-c3ccc(Oc4ccccc4)cn3)c3c(N)ncnc32)CC1. The molecule has 1 fully saturated rings. The molecule has 0 radical (unpaired) electrons. The van der Waals surface area contributed by atoms with E-state index >= 15 is 0 Å². The molecule has 2 N–H and O–H groups in total. The summed E-state index contributed by atoms with van der Waals surface area (Å²) in [5, 5.41) is 5.53. The normalized spacial score (nSPS) is 14.4. The highest BCUT2D eigenvalue weighted by Crippen LogP contribution is 2.34. The van der Waals surface area contributed by atoms with Gasteiger partial charge in [-0.25, -0.2) is 14.6 Å². The summed E-state index contributed by atoms with van der Waals surface area (Å²) in [6.07, 6.45) is 5.98. The van der Waals surface area contributed by atoms with Crippen LogP contribution >= 0.6 is 0 Å². The Morgan fingerprint density at radius 3 is 2.55 bits per heavy atom. The number of likely N-dealkylation sites (tertiary alicyclic amines) is 1. The van der Waals surface area contributed by atoms with Gasteiger partial charge < -0.3 is 15.4 Å². The Hall–Kier alpha value is -4.27. The lowest BCUT2D eigenvalue weighted by molar-refractivity contribution is -0.127. The summed E-state index contributed by atoms with van der Waals surface area (Å²) in [6.45, 7) is 4.85. The highest BCUT2D eigenvalue weighted by molar-refractivity contribution is 5.97. The average molecular weight is 441 g/mol. The van der Waals surface area contributed by atoms with Crippen molar-refractivity contribution in [1.82, 2.24) is 29.6 Å². The van der Waals surface area contributed by atoms with Crippen molar-refractivity contribution in [3.63, 3.8) is 0 Å². The van der Waals surface area contributed by atoms with Crippen molar-refractivity contribution in [3.05, 3.63) is 67.6 Å². The van der Waals surface area contributed by atoms with Crippen molar-refractivity contribution in [3.8, 4) is 22.9 Å². The second-order valence-electron chi connectivity index (χ2n) is 7.81. The fourth-order valence-electron chi connectivity index (χ4n) is 4.09. The van der Waals surface area contributed by atoms with Crippen molar-refractivity contribution >= 4 is 22.8 Å². The van der Waals surface area contributed by atoms with Gasteiger partial charge in [0.2, 0.25) is 5.91 Å². The van der Waals surface area contributed by atoms with Gasteiger partial charge in [-0.1, -0.05) is 24.8 Å². The largest absolute Gasteiger partial charge is 0.456 e. The Kier molecular flexibility index (Phi) is 5.43. The van der Waals surface area contributed by atoms with Gasteiger partial charge in [-0.05, 0) is 43.2 Å². The summed E-state index contributed by atoms with van der Waals surface area (Å²) < 4.78 is 7.74. The molecule has 0 unspecified atom stereocenters. The second-order valence-corrected chi connectivity index (χ2v) is 7.81. The van der Waals surface area contributed by atoms with E-state index in [4.69, 9.17) is 15.6 Å². The lowest BCUT2D eigenvalue weighted by Crippen LogP contribution is -2.38. The fourth-order valence-corrected chi connectivity index (χ4v) is 4.09. The molecule has 1 aliphatic heterocycles. The maximum Gasteiger partial charge on any atom is 0.245 e. The molecular weight excluding hydrogens is 418 g/mol. The minimum Gasteiger partial charge on any atom is -0.456 e. The Bertz CT molecular complexity index is 1290. The van der Waals surface area contributed by atoms with Gasteiger partial charge in [0.25, 0.3) is 0 Å². The molecule has 1 aliphatic rings. The monoisotopic (exact) mass is 441 g/mol. The fraction of sp³-hybridized carbons (Fsp3) is 0.208. The molecular formula is C24H23N7O2. The lowest BCUT2D eigenvalue weighted by Gasteiger charge is -2.31. The van der Waals surface area contributed by atoms with Gasteiger partial charge >= 0.3 is 0 Å². The number of para-hydroxylation sites is 1. The molecule has 166 valence electrons. The van der Waals surface area contributed by atoms with E-state index in [0.29, 0.717) is 47.1 Å². The number of ether oxygens (including phenoxy) is 1. The van der Waals surface area contributed by atoms with Crippen LogP contribution in [0.15, 0.2) is 67.6 Å². The Labute approximate surface area is 190 Å². The summed E-state index contributed by atoms with van der Waals surface area (Å²) >= 11 is 0. The minimum absolute atomic E-state index is 0.0481. The van der Waals surface area contributed by atoms with Gasteiger partial charge in [0.05, 0.1) is 23.3 Å². The molecule has 3 aromatic heterocycles. The third-order valence-electron chi connectivity index (χ3n) is 5.77. The molecule has 0 aliphatic carbocycles. The van der Waals surface area contributed by atoms with Gasteiger partial charge in [0.15, 0.2) is 5.65 Å². The molecule has 5 rings (SSSR count). The maximum atomic E-state index is 11.9. The third kappa shape index (κ3) is 4.00. The maximum absolute atomic E-state index is 11.9. The van der Waals surface area contributed by atoms with Gasteiger partial charge in [0.1, 0.15) is 29.3 Å². The van der Waals surface area contributed by atoms with Crippen molar-refractivity contribution in [2.75, 3.05) is 18.8 Å². The first-order chi connectivity index (χ1) is 16.1. The molecule has 0 saturated carbocycles. The number of benzene rings is 1. The van der Waals surface area contributed by atoms with Crippen LogP contribution in [0.4, 0.5) is 5.82 Å². The zero-order valence-corrected chi connectivity index (χ0v) is 18.0. The summed E-state index contributed by atoms with van der Waals surface area (Å²) in [7, 11) is 0. The van der Waals surface area contributed by atoms with Gasteiger partial charge in [-0.2, -0.15) is 5.10 Å². The number of anilines is 1. The van der Waals surface area contributed by atoms with Crippen LogP contribution in [-0.4, -0.2) is 48.6 Å². The van der Waals surface area contributed by atoms with E-state index in [9.17, 15) is 4.79 Å².